The van der Waals surface area contributed by atoms with Crippen molar-refractivity contribution in [2.45, 2.75) is 25.4 Å². The van der Waals surface area contributed by atoms with Gasteiger partial charge in [-0.15, -0.1) is 0 Å². The summed E-state index contributed by atoms with van der Waals surface area (Å²) in [6.45, 7) is 3.04. The van der Waals surface area contributed by atoms with E-state index in [0.29, 0.717) is 6.04 Å². The third-order valence-corrected chi connectivity index (χ3v) is 6.17. The van der Waals surface area contributed by atoms with Crippen LogP contribution in [0.3, 0.4) is 0 Å². The van der Waals surface area contributed by atoms with E-state index in [4.69, 9.17) is 0 Å². The fraction of sp³-hybridized carbons (Fsp3) is 0.375. The molecule has 0 saturated carbocycles. The van der Waals surface area contributed by atoms with Crippen molar-refractivity contribution in [1.82, 2.24) is 9.47 Å². The Kier molecular flexibility index (Phi) is 5.58. The van der Waals surface area contributed by atoms with Crippen LogP contribution in [0.1, 0.15) is 18.4 Å². The predicted molar refractivity (Wildman–Crippen MR) is 122 cm³/mol. The zero-order valence-corrected chi connectivity index (χ0v) is 17.6. The van der Waals surface area contributed by atoms with Crippen molar-refractivity contribution in [1.29, 1.82) is 0 Å². The van der Waals surface area contributed by atoms with Crippen molar-refractivity contribution >= 4 is 22.1 Å². The molecule has 0 bridgehead atoms. The van der Waals surface area contributed by atoms with Gasteiger partial charge in [-0.1, -0.05) is 24.3 Å². The Morgan fingerprint density at radius 1 is 1.07 bits per heavy atom. The zero-order chi connectivity index (χ0) is 20.4. The average Bonchev–Trinajstić information content (AvgIpc) is 2.75. The van der Waals surface area contributed by atoms with Crippen molar-refractivity contribution in [3.05, 3.63) is 70.6 Å². The molecule has 0 spiro atoms. The van der Waals surface area contributed by atoms with Gasteiger partial charge in [0.2, 0.25) is 0 Å². The first-order valence-electron chi connectivity index (χ1n) is 10.4. The molecule has 29 heavy (non-hydrogen) atoms. The molecule has 2 aromatic carbocycles. The van der Waals surface area contributed by atoms with Gasteiger partial charge >= 0.3 is 0 Å². The molecule has 3 aromatic rings. The van der Waals surface area contributed by atoms with Gasteiger partial charge in [-0.3, -0.25) is 4.79 Å². The summed E-state index contributed by atoms with van der Waals surface area (Å²) < 4.78 is 1.62. The molecule has 5 heteroatoms. The molecule has 152 valence electrons. The largest absolute Gasteiger partial charge is 0.381 e. The highest BCUT2D eigenvalue weighted by Crippen LogP contribution is 2.26. The van der Waals surface area contributed by atoms with E-state index in [1.54, 1.807) is 11.6 Å². The lowest BCUT2D eigenvalue weighted by Gasteiger charge is -2.37. The molecule has 0 aliphatic carbocycles. The molecule has 2 heterocycles. The lowest BCUT2D eigenvalue weighted by Crippen LogP contribution is -2.42. The molecule has 4 rings (SSSR count). The maximum atomic E-state index is 12.4. The first kappa shape index (κ1) is 19.5. The van der Waals surface area contributed by atoms with Crippen LogP contribution in [0, 0.1) is 0 Å². The van der Waals surface area contributed by atoms with Crippen molar-refractivity contribution in [2.75, 3.05) is 37.4 Å². The Morgan fingerprint density at radius 2 is 1.83 bits per heavy atom. The highest BCUT2D eigenvalue weighted by Gasteiger charge is 2.22. The number of nitrogens with zero attached hydrogens (tertiary/aromatic N) is 3. The van der Waals surface area contributed by atoms with Crippen LogP contribution in [0.5, 0.6) is 0 Å². The lowest BCUT2D eigenvalue weighted by atomic mass is 10.0. The molecule has 1 saturated heterocycles. The molecular formula is C24H30N4O. The summed E-state index contributed by atoms with van der Waals surface area (Å²) in [6.07, 6.45) is 4.21. The smallest absolute Gasteiger partial charge is 0.258 e. The highest BCUT2D eigenvalue weighted by molar-refractivity contribution is 5.84. The summed E-state index contributed by atoms with van der Waals surface area (Å²) in [5.41, 5.74) is 3.56. The van der Waals surface area contributed by atoms with Crippen LogP contribution in [0.2, 0.25) is 0 Å². The van der Waals surface area contributed by atoms with Crippen molar-refractivity contribution in [3.63, 3.8) is 0 Å². The molecule has 1 fully saturated rings. The molecule has 1 N–H and O–H groups in total. The van der Waals surface area contributed by atoms with Crippen LogP contribution in [-0.2, 0) is 13.6 Å². The number of fused-ring (bicyclic) bond motifs is 1. The number of rotatable bonds is 5. The molecule has 1 aliphatic heterocycles. The third-order valence-electron chi connectivity index (χ3n) is 6.17. The van der Waals surface area contributed by atoms with E-state index < -0.39 is 0 Å². The minimum Gasteiger partial charge on any atom is -0.381 e. The Hall–Kier alpha value is -2.79. The predicted octanol–water partition coefficient (Wildman–Crippen LogP) is 3.68. The standard InChI is InChI=1S/C24H30N4O/c1-26-13-11-21(12-14-26)28(3)23-7-5-4-6-19(23)17-25-20-9-8-18-10-15-27(2)24(29)22(18)16-20/h4-10,15-16,21,25H,11-14,17H2,1-3H3. The van der Waals surface area contributed by atoms with Gasteiger partial charge in [0.1, 0.15) is 0 Å². The zero-order valence-electron chi connectivity index (χ0n) is 17.6. The highest BCUT2D eigenvalue weighted by atomic mass is 16.1. The second-order valence-electron chi connectivity index (χ2n) is 8.16. The molecule has 1 aromatic heterocycles. The number of anilines is 2. The summed E-state index contributed by atoms with van der Waals surface area (Å²) in [4.78, 5) is 17.3. The number of para-hydroxylation sites is 1. The molecule has 1 aliphatic rings. The van der Waals surface area contributed by atoms with Crippen molar-refractivity contribution < 1.29 is 0 Å². The van der Waals surface area contributed by atoms with Crippen LogP contribution < -0.4 is 15.8 Å². The molecular weight excluding hydrogens is 360 g/mol. The Labute approximate surface area is 172 Å². The summed E-state index contributed by atoms with van der Waals surface area (Å²) in [5.74, 6) is 0. The van der Waals surface area contributed by atoms with E-state index in [1.807, 2.05) is 30.5 Å². The number of aromatic nitrogens is 1. The number of piperidine rings is 1. The number of nitrogens with one attached hydrogen (secondary N) is 1. The van der Waals surface area contributed by atoms with Gasteiger partial charge in [0.15, 0.2) is 0 Å². The van der Waals surface area contributed by atoms with Crippen molar-refractivity contribution in [3.8, 4) is 0 Å². The van der Waals surface area contributed by atoms with Crippen LogP contribution in [0.4, 0.5) is 11.4 Å². The van der Waals surface area contributed by atoms with Gasteiger partial charge in [0.25, 0.3) is 5.56 Å². The molecule has 0 unspecified atom stereocenters. The minimum atomic E-state index is 0.0357. The lowest BCUT2D eigenvalue weighted by molar-refractivity contribution is 0.253. The quantitative estimate of drug-likeness (QED) is 0.722. The van der Waals surface area contributed by atoms with Gasteiger partial charge in [-0.05, 0) is 68.2 Å². The first-order chi connectivity index (χ1) is 14.0. The topological polar surface area (TPSA) is 40.5 Å². The van der Waals surface area contributed by atoms with E-state index in [2.05, 4.69) is 53.5 Å². The van der Waals surface area contributed by atoms with Crippen LogP contribution >= 0.6 is 0 Å². The Balaban J connectivity index is 1.53. The molecule has 5 nitrogen and oxygen atoms in total. The number of hydrogen-bond acceptors (Lipinski definition) is 4. The third kappa shape index (κ3) is 4.15. The number of hydrogen-bond donors (Lipinski definition) is 1. The SMILES string of the molecule is CN1CCC(N(C)c2ccccc2CNc2ccc3ccn(C)c(=O)c3c2)CC1. The fourth-order valence-corrected chi connectivity index (χ4v) is 4.23. The summed E-state index contributed by atoms with van der Waals surface area (Å²) in [7, 11) is 6.20. The van der Waals surface area contributed by atoms with Gasteiger partial charge in [0, 0.05) is 49.6 Å². The van der Waals surface area contributed by atoms with Gasteiger partial charge in [-0.2, -0.15) is 0 Å². The Bertz CT molecular complexity index is 1050. The maximum absolute atomic E-state index is 12.4. The van der Waals surface area contributed by atoms with Crippen LogP contribution in [0.25, 0.3) is 10.8 Å². The van der Waals surface area contributed by atoms with Gasteiger partial charge < -0.3 is 19.7 Å². The van der Waals surface area contributed by atoms with Gasteiger partial charge in [-0.25, -0.2) is 0 Å². The fourth-order valence-electron chi connectivity index (χ4n) is 4.23. The van der Waals surface area contributed by atoms with Crippen molar-refractivity contribution in [2.24, 2.45) is 7.05 Å². The normalized spacial score (nSPS) is 15.6. The van der Waals surface area contributed by atoms with E-state index in [0.717, 1.165) is 36.1 Å². The number of aryl methyl sites for hydroxylation is 1. The minimum absolute atomic E-state index is 0.0357. The summed E-state index contributed by atoms with van der Waals surface area (Å²) in [6, 6.07) is 17.2. The Morgan fingerprint density at radius 3 is 2.62 bits per heavy atom. The summed E-state index contributed by atoms with van der Waals surface area (Å²) in [5, 5.41) is 5.24. The molecule has 0 amide bonds. The van der Waals surface area contributed by atoms with E-state index in [9.17, 15) is 4.79 Å². The average molecular weight is 391 g/mol. The van der Waals surface area contributed by atoms with E-state index in [-0.39, 0.29) is 5.56 Å². The number of benzene rings is 2. The van der Waals surface area contributed by atoms with E-state index in [1.165, 1.54) is 24.1 Å². The van der Waals surface area contributed by atoms with Crippen LogP contribution in [0.15, 0.2) is 59.5 Å². The van der Waals surface area contributed by atoms with Gasteiger partial charge in [0.05, 0.1) is 0 Å². The molecule has 0 atom stereocenters. The van der Waals surface area contributed by atoms with Crippen LogP contribution in [-0.4, -0.2) is 42.7 Å². The summed E-state index contributed by atoms with van der Waals surface area (Å²) >= 11 is 0. The maximum Gasteiger partial charge on any atom is 0.258 e. The number of pyridine rings is 1. The second-order valence-corrected chi connectivity index (χ2v) is 8.16. The van der Waals surface area contributed by atoms with E-state index >= 15 is 0 Å². The number of likely N-dealkylation sites (tertiary alicyclic amines) is 1. The second kappa shape index (κ2) is 8.29. The monoisotopic (exact) mass is 390 g/mol. The molecule has 0 radical (unpaired) electrons. The first-order valence-corrected chi connectivity index (χ1v) is 10.4.